The van der Waals surface area contributed by atoms with Crippen LogP contribution in [0.2, 0.25) is 0 Å². The van der Waals surface area contributed by atoms with Crippen molar-refractivity contribution in [1.82, 2.24) is 0 Å². The predicted molar refractivity (Wildman–Crippen MR) is 429 cm³/mol. The van der Waals surface area contributed by atoms with Crippen molar-refractivity contribution in [2.45, 2.75) is 463 Å². The van der Waals surface area contributed by atoms with Gasteiger partial charge in [-0.15, -0.1) is 0 Å². The van der Waals surface area contributed by atoms with Gasteiger partial charge in [0.2, 0.25) is 0 Å². The van der Waals surface area contributed by atoms with Gasteiger partial charge < -0.3 is 28.5 Å². The molecule has 0 spiro atoms. The van der Waals surface area contributed by atoms with Crippen LogP contribution in [0.3, 0.4) is 0 Å². The van der Waals surface area contributed by atoms with Crippen LogP contribution in [-0.4, -0.2) is 87.4 Å². The fourth-order valence-corrected chi connectivity index (χ4v) is 13.5. The molecule has 0 aliphatic rings. The first-order valence-corrected chi connectivity index (χ1v) is 43.8. The van der Waals surface area contributed by atoms with E-state index in [0.29, 0.717) is 17.4 Å². The van der Waals surface area contributed by atoms with Gasteiger partial charge in [-0.25, -0.2) is 4.79 Å². The Kier molecular flexibility index (Phi) is 78.7. The molecule has 99 heavy (non-hydrogen) atoms. The van der Waals surface area contributed by atoms with Crippen LogP contribution in [-0.2, 0) is 33.3 Å². The number of unbranched alkanes of at least 4 members (excludes halogenated alkanes) is 60. The van der Waals surface area contributed by atoms with E-state index in [1.165, 1.54) is 360 Å². The molecule has 0 aromatic rings. The molecule has 0 saturated heterocycles. The van der Waals surface area contributed by atoms with Crippen LogP contribution in [0.15, 0.2) is 48.6 Å². The Bertz CT molecular complexity index is 1770. The Morgan fingerprint density at radius 2 is 0.576 bits per heavy atom. The number of hydrogen-bond donors (Lipinski definition) is 1. The van der Waals surface area contributed by atoms with E-state index in [4.69, 9.17) is 18.9 Å². The Balaban J connectivity index is 3.90. The first-order chi connectivity index (χ1) is 48.6. The monoisotopic (exact) mass is 1390 g/mol. The van der Waals surface area contributed by atoms with Crippen molar-refractivity contribution < 1.29 is 42.9 Å². The lowest BCUT2D eigenvalue weighted by atomic mass is 10.0. The molecule has 0 aliphatic heterocycles. The summed E-state index contributed by atoms with van der Waals surface area (Å²) >= 11 is 0. The van der Waals surface area contributed by atoms with Crippen LogP contribution in [0.4, 0.5) is 0 Å². The molecule has 9 nitrogen and oxygen atoms in total. The molecule has 0 rings (SSSR count). The van der Waals surface area contributed by atoms with Crippen LogP contribution in [0.5, 0.6) is 0 Å². The quantitative estimate of drug-likeness (QED) is 0.0211. The second kappa shape index (κ2) is 80.9. The third-order valence-electron chi connectivity index (χ3n) is 20.1. The van der Waals surface area contributed by atoms with E-state index < -0.39 is 18.4 Å². The van der Waals surface area contributed by atoms with E-state index in [2.05, 4.69) is 62.5 Å². The number of esters is 2. The highest BCUT2D eigenvalue weighted by atomic mass is 16.7. The maximum Gasteiger partial charge on any atom is 0.361 e. The first-order valence-electron chi connectivity index (χ1n) is 43.8. The Morgan fingerprint density at radius 1 is 0.313 bits per heavy atom. The normalized spacial score (nSPS) is 12.8. The lowest BCUT2D eigenvalue weighted by Crippen LogP contribution is -2.40. The van der Waals surface area contributed by atoms with E-state index >= 15 is 0 Å². The van der Waals surface area contributed by atoms with Crippen LogP contribution in [0.1, 0.15) is 450 Å². The van der Waals surface area contributed by atoms with Gasteiger partial charge in [-0.2, -0.15) is 0 Å². The summed E-state index contributed by atoms with van der Waals surface area (Å²) in [5.41, 5.74) is 0. The molecule has 0 amide bonds. The summed E-state index contributed by atoms with van der Waals surface area (Å²) in [6, 6.07) is 0. The second-order valence-corrected chi connectivity index (χ2v) is 31.2. The highest BCUT2D eigenvalue weighted by molar-refractivity contribution is 5.71. The van der Waals surface area contributed by atoms with E-state index in [1.807, 2.05) is 21.1 Å². The zero-order valence-electron chi connectivity index (χ0n) is 66.9. The van der Waals surface area contributed by atoms with Gasteiger partial charge in [-0.05, 0) is 51.4 Å². The topological polar surface area (TPSA) is 108 Å². The minimum absolute atomic E-state index is 0.174. The number of carboxylic acid groups (broad SMARTS) is 1. The number of hydrogen-bond acceptors (Lipinski definition) is 7. The van der Waals surface area contributed by atoms with Crippen molar-refractivity contribution in [3.63, 3.8) is 0 Å². The standard InChI is InChI=1S/C90H169NO8/c1-6-8-10-12-14-16-18-20-22-24-26-28-30-32-34-36-38-40-41-42-43-44-45-46-47-49-51-53-55-57-59-61-63-65-67-69-71-73-75-77-79-81-88(93)99-86(85-98-90(89(94)95)96-83-82-91(3,4)5)84-97-87(92)80-78-76-74-72-70-68-66-64-62-60-58-56-54-52-50-48-39-37-35-33-31-29-27-25-23-21-19-17-15-13-11-9-7-2/h8,10,14,16,20,22,26,28,86,90H,6-7,9,11-13,15,17-19,21,23-25,27,29-85H2,1-5H3/p+1/b10-8-,16-14-,22-20-,28-26-. The average molecular weight is 1390 g/mol. The number of likely N-dealkylation sites (N-methyl/N-ethyl adjacent to an activating group) is 1. The molecule has 2 atom stereocenters. The molecule has 0 fully saturated rings. The molecule has 0 saturated carbocycles. The van der Waals surface area contributed by atoms with E-state index in [1.54, 1.807) is 0 Å². The van der Waals surface area contributed by atoms with Gasteiger partial charge in [0, 0.05) is 12.8 Å². The minimum atomic E-state index is -1.51. The second-order valence-electron chi connectivity index (χ2n) is 31.2. The maximum atomic E-state index is 13.0. The van der Waals surface area contributed by atoms with Gasteiger partial charge in [0.1, 0.15) is 13.2 Å². The third kappa shape index (κ3) is 82.4. The van der Waals surface area contributed by atoms with Crippen molar-refractivity contribution in [3.8, 4) is 0 Å². The molecule has 0 heterocycles. The zero-order valence-corrected chi connectivity index (χ0v) is 66.9. The number of nitrogens with zero attached hydrogens (tertiary/aromatic N) is 1. The van der Waals surface area contributed by atoms with E-state index in [0.717, 1.165) is 64.2 Å². The first kappa shape index (κ1) is 96.2. The summed E-state index contributed by atoms with van der Waals surface area (Å²) in [5.74, 6) is -1.96. The zero-order chi connectivity index (χ0) is 71.8. The van der Waals surface area contributed by atoms with E-state index in [9.17, 15) is 19.5 Å². The number of quaternary nitrogens is 1. The van der Waals surface area contributed by atoms with Gasteiger partial charge in [-0.3, -0.25) is 9.59 Å². The van der Waals surface area contributed by atoms with Gasteiger partial charge in [-0.1, -0.05) is 435 Å². The molecule has 0 aromatic carbocycles. The summed E-state index contributed by atoms with van der Waals surface area (Å²) in [6.45, 7) is 4.86. The van der Waals surface area contributed by atoms with Crippen LogP contribution >= 0.6 is 0 Å². The number of carbonyl (C=O) groups is 3. The number of allylic oxidation sites excluding steroid dienone is 8. The number of ether oxygens (including phenoxy) is 4. The van der Waals surface area contributed by atoms with Crippen molar-refractivity contribution in [2.24, 2.45) is 0 Å². The lowest BCUT2D eigenvalue weighted by molar-refractivity contribution is -0.870. The smallest absolute Gasteiger partial charge is 0.361 e. The molecule has 582 valence electrons. The van der Waals surface area contributed by atoms with Gasteiger partial charge >= 0.3 is 17.9 Å². The summed E-state index contributed by atoms with van der Waals surface area (Å²) in [7, 11) is 6.01. The van der Waals surface area contributed by atoms with Gasteiger partial charge in [0.25, 0.3) is 6.29 Å². The molecular weight excluding hydrogens is 1220 g/mol. The Labute approximate surface area is 616 Å². The molecule has 1 N–H and O–H groups in total. The molecule has 0 radical (unpaired) electrons. The number of carboxylic acids is 1. The largest absolute Gasteiger partial charge is 0.477 e. The van der Waals surface area contributed by atoms with Crippen LogP contribution in [0, 0.1) is 0 Å². The average Bonchev–Trinajstić information content (AvgIpc) is 2.62. The lowest BCUT2D eigenvalue weighted by Gasteiger charge is -2.25. The molecule has 9 heteroatoms. The van der Waals surface area contributed by atoms with Crippen LogP contribution in [0.25, 0.3) is 0 Å². The Morgan fingerprint density at radius 3 is 0.859 bits per heavy atom. The van der Waals surface area contributed by atoms with E-state index in [-0.39, 0.29) is 38.2 Å². The fraction of sp³-hybridized carbons (Fsp3) is 0.878. The SMILES string of the molecule is CC/C=C\C/C=C\C/C=C\C/C=C\CCCCCCCCCCCCCCCCCCCCCCCCCCCCCCC(=O)OC(COC(=O)CCCCCCCCCCCCCCCCCCCCCCCCCCCCCCCCCCC)COC(OCC[N+](C)(C)C)C(=O)O. The number of carbonyl (C=O) groups excluding carboxylic acids is 2. The summed E-state index contributed by atoms with van der Waals surface area (Å²) in [4.78, 5) is 37.8. The van der Waals surface area contributed by atoms with Crippen molar-refractivity contribution in [1.29, 1.82) is 0 Å². The molecule has 2 unspecified atom stereocenters. The van der Waals surface area contributed by atoms with Gasteiger partial charge in [0.15, 0.2) is 6.10 Å². The molecule has 0 aromatic heterocycles. The van der Waals surface area contributed by atoms with Crippen LogP contribution < -0.4 is 0 Å². The number of aliphatic carboxylic acids is 1. The van der Waals surface area contributed by atoms with Crippen molar-refractivity contribution >= 4 is 17.9 Å². The van der Waals surface area contributed by atoms with Crippen molar-refractivity contribution in [3.05, 3.63) is 48.6 Å². The third-order valence-corrected chi connectivity index (χ3v) is 20.1. The Hall–Kier alpha value is -2.75. The summed E-state index contributed by atoms with van der Waals surface area (Å²) in [5, 5.41) is 9.79. The highest BCUT2D eigenvalue weighted by Crippen LogP contribution is 2.21. The van der Waals surface area contributed by atoms with Gasteiger partial charge in [0.05, 0.1) is 34.4 Å². The maximum absolute atomic E-state index is 13.0. The highest BCUT2D eigenvalue weighted by Gasteiger charge is 2.25. The summed E-state index contributed by atoms with van der Waals surface area (Å²) in [6.07, 6.45) is 105. The fourth-order valence-electron chi connectivity index (χ4n) is 13.5. The summed E-state index contributed by atoms with van der Waals surface area (Å²) < 4.78 is 23.1. The number of rotatable bonds is 83. The molecule has 0 bridgehead atoms. The van der Waals surface area contributed by atoms with Crippen molar-refractivity contribution in [2.75, 3.05) is 47.5 Å². The predicted octanol–water partition coefficient (Wildman–Crippen LogP) is 28.4. The minimum Gasteiger partial charge on any atom is -0.477 e. The molecule has 0 aliphatic carbocycles. The molecular formula is C90H170NO8+.